The maximum Gasteiger partial charge on any atom is 0.251 e. The zero-order valence-electron chi connectivity index (χ0n) is 16.5. The van der Waals surface area contributed by atoms with Crippen molar-refractivity contribution < 1.29 is 9.18 Å². The second kappa shape index (κ2) is 8.07. The van der Waals surface area contributed by atoms with E-state index in [0.29, 0.717) is 44.6 Å². The van der Waals surface area contributed by atoms with Crippen molar-refractivity contribution in [3.05, 3.63) is 75.8 Å². The summed E-state index contributed by atoms with van der Waals surface area (Å²) in [7, 11) is 0. The summed E-state index contributed by atoms with van der Waals surface area (Å²) in [6.07, 6.45) is 0.743. The number of carbonyl (C=O) groups excluding carboxylic acids is 1. The quantitative estimate of drug-likeness (QED) is 0.740. The number of hydrogen-bond donors (Lipinski definition) is 1. The third kappa shape index (κ3) is 4.16. The molecule has 1 fully saturated rings. The molecule has 0 unspecified atom stereocenters. The van der Waals surface area contributed by atoms with Crippen LogP contribution >= 0.6 is 0 Å². The molecule has 5 nitrogen and oxygen atoms in total. The third-order valence-electron chi connectivity index (χ3n) is 5.60. The largest absolute Gasteiger partial charge is 0.368 e. The van der Waals surface area contributed by atoms with Gasteiger partial charge < -0.3 is 14.8 Å². The number of fused-ring (bicyclic) bond motifs is 1. The molecular weight excluding hydrogens is 369 g/mol. The SMILES string of the molecule is Cc1cccc2cc(CCC(=O)N3CCN(c4ccc(F)cc4)CC3)c(=O)[nH]c12. The molecule has 150 valence electrons. The molecule has 0 saturated carbocycles. The van der Waals surface area contributed by atoms with Gasteiger partial charge in [0, 0.05) is 43.9 Å². The predicted molar refractivity (Wildman–Crippen MR) is 113 cm³/mol. The fourth-order valence-corrected chi connectivity index (χ4v) is 3.88. The van der Waals surface area contributed by atoms with E-state index >= 15 is 0 Å². The Morgan fingerprint density at radius 1 is 1.07 bits per heavy atom. The van der Waals surface area contributed by atoms with Gasteiger partial charge in [0.2, 0.25) is 5.91 Å². The topological polar surface area (TPSA) is 56.4 Å². The van der Waals surface area contributed by atoms with Crippen LogP contribution in [-0.2, 0) is 11.2 Å². The van der Waals surface area contributed by atoms with Gasteiger partial charge in [0.25, 0.3) is 5.56 Å². The van der Waals surface area contributed by atoms with Crippen LogP contribution in [0.2, 0.25) is 0 Å². The second-order valence-electron chi connectivity index (χ2n) is 7.51. The van der Waals surface area contributed by atoms with E-state index in [2.05, 4.69) is 9.88 Å². The standard InChI is InChI=1S/C23H24FN3O2/c1-16-3-2-4-17-15-18(23(29)25-22(16)17)5-10-21(28)27-13-11-26(12-14-27)20-8-6-19(24)7-9-20/h2-4,6-9,15H,5,10-14H2,1H3,(H,25,29). The number of pyridine rings is 1. The molecule has 0 spiro atoms. The van der Waals surface area contributed by atoms with Gasteiger partial charge in [0.05, 0.1) is 5.52 Å². The molecule has 2 aromatic carbocycles. The van der Waals surface area contributed by atoms with Crippen LogP contribution in [0.3, 0.4) is 0 Å². The summed E-state index contributed by atoms with van der Waals surface area (Å²) in [4.78, 5) is 32.0. The van der Waals surface area contributed by atoms with Gasteiger partial charge in [-0.15, -0.1) is 0 Å². The number of halogens is 1. The first-order chi connectivity index (χ1) is 14.0. The van der Waals surface area contributed by atoms with Crippen LogP contribution in [0.15, 0.2) is 53.3 Å². The Balaban J connectivity index is 1.36. The zero-order chi connectivity index (χ0) is 20.4. The Morgan fingerprint density at radius 2 is 1.79 bits per heavy atom. The summed E-state index contributed by atoms with van der Waals surface area (Å²) in [6, 6.07) is 14.2. The first-order valence-electron chi connectivity index (χ1n) is 9.91. The number of nitrogens with zero attached hydrogens (tertiary/aromatic N) is 2. The number of aromatic amines is 1. The van der Waals surface area contributed by atoms with Crippen molar-refractivity contribution in [1.82, 2.24) is 9.88 Å². The van der Waals surface area contributed by atoms with Crippen LogP contribution in [-0.4, -0.2) is 42.0 Å². The Hall–Kier alpha value is -3.15. The molecule has 4 rings (SSSR count). The van der Waals surface area contributed by atoms with Gasteiger partial charge in [0.15, 0.2) is 0 Å². The minimum Gasteiger partial charge on any atom is -0.368 e. The average Bonchev–Trinajstić information content (AvgIpc) is 2.73. The lowest BCUT2D eigenvalue weighted by atomic mass is 10.1. The Kier molecular flexibility index (Phi) is 5.34. The molecule has 6 heteroatoms. The lowest BCUT2D eigenvalue weighted by molar-refractivity contribution is -0.131. The number of H-pyrrole nitrogens is 1. The van der Waals surface area contributed by atoms with E-state index in [-0.39, 0.29) is 17.3 Å². The maximum absolute atomic E-state index is 13.1. The molecule has 3 aromatic rings. The van der Waals surface area contributed by atoms with Gasteiger partial charge >= 0.3 is 0 Å². The molecular formula is C23H24FN3O2. The highest BCUT2D eigenvalue weighted by molar-refractivity contribution is 5.82. The number of hydrogen-bond acceptors (Lipinski definition) is 3. The van der Waals surface area contributed by atoms with E-state index in [0.717, 1.165) is 22.2 Å². The number of anilines is 1. The van der Waals surface area contributed by atoms with E-state index in [9.17, 15) is 14.0 Å². The molecule has 29 heavy (non-hydrogen) atoms. The van der Waals surface area contributed by atoms with Crippen LogP contribution in [0.5, 0.6) is 0 Å². The zero-order valence-corrected chi connectivity index (χ0v) is 16.5. The highest BCUT2D eigenvalue weighted by Gasteiger charge is 2.21. The highest BCUT2D eigenvalue weighted by Crippen LogP contribution is 2.18. The van der Waals surface area contributed by atoms with Crippen LogP contribution in [0, 0.1) is 12.7 Å². The van der Waals surface area contributed by atoms with Gasteiger partial charge in [0.1, 0.15) is 5.82 Å². The summed E-state index contributed by atoms with van der Waals surface area (Å²) in [5.41, 5.74) is 3.37. The lowest BCUT2D eigenvalue weighted by Crippen LogP contribution is -2.48. The molecule has 1 saturated heterocycles. The normalized spacial score (nSPS) is 14.4. The summed E-state index contributed by atoms with van der Waals surface area (Å²) in [5, 5.41) is 0.986. The smallest absolute Gasteiger partial charge is 0.251 e. The summed E-state index contributed by atoms with van der Waals surface area (Å²) < 4.78 is 13.1. The van der Waals surface area contributed by atoms with E-state index in [4.69, 9.17) is 0 Å². The van der Waals surface area contributed by atoms with Crippen molar-refractivity contribution in [2.75, 3.05) is 31.1 Å². The van der Waals surface area contributed by atoms with Crippen LogP contribution in [0.4, 0.5) is 10.1 Å². The number of aromatic nitrogens is 1. The Morgan fingerprint density at radius 3 is 2.52 bits per heavy atom. The molecule has 1 aromatic heterocycles. The number of piperazine rings is 1. The first kappa shape index (κ1) is 19.2. The number of aryl methyl sites for hydroxylation is 2. The van der Waals surface area contributed by atoms with E-state index in [1.54, 1.807) is 12.1 Å². The molecule has 1 N–H and O–H groups in total. The number of carbonyl (C=O) groups is 1. The number of benzene rings is 2. The molecule has 0 atom stereocenters. The van der Waals surface area contributed by atoms with Crippen LogP contribution in [0.1, 0.15) is 17.5 Å². The van der Waals surface area contributed by atoms with E-state index < -0.39 is 0 Å². The molecule has 0 aliphatic carbocycles. The third-order valence-corrected chi connectivity index (χ3v) is 5.60. The fraction of sp³-hybridized carbons (Fsp3) is 0.304. The number of nitrogens with one attached hydrogen (secondary N) is 1. The van der Waals surface area contributed by atoms with Gasteiger partial charge in [-0.05, 0) is 54.6 Å². The summed E-state index contributed by atoms with van der Waals surface area (Å²) in [6.45, 7) is 4.65. The first-order valence-corrected chi connectivity index (χ1v) is 9.91. The Bertz CT molecular complexity index is 1080. The second-order valence-corrected chi connectivity index (χ2v) is 7.51. The number of para-hydroxylation sites is 1. The summed E-state index contributed by atoms with van der Waals surface area (Å²) in [5.74, 6) is -0.186. The van der Waals surface area contributed by atoms with Gasteiger partial charge in [-0.3, -0.25) is 9.59 Å². The Labute approximate surface area is 168 Å². The van der Waals surface area contributed by atoms with Gasteiger partial charge in [-0.1, -0.05) is 18.2 Å². The average molecular weight is 393 g/mol. The van der Waals surface area contributed by atoms with Crippen molar-refractivity contribution in [3.63, 3.8) is 0 Å². The minimum absolute atomic E-state index is 0.0625. The summed E-state index contributed by atoms with van der Waals surface area (Å²) >= 11 is 0. The molecule has 2 heterocycles. The molecule has 1 amide bonds. The maximum atomic E-state index is 13.1. The van der Waals surface area contributed by atoms with E-state index in [1.165, 1.54) is 12.1 Å². The van der Waals surface area contributed by atoms with Crippen molar-refractivity contribution in [2.24, 2.45) is 0 Å². The predicted octanol–water partition coefficient (Wildman–Crippen LogP) is 3.26. The number of rotatable bonds is 4. The monoisotopic (exact) mass is 393 g/mol. The lowest BCUT2D eigenvalue weighted by Gasteiger charge is -2.36. The van der Waals surface area contributed by atoms with Gasteiger partial charge in [-0.2, -0.15) is 0 Å². The van der Waals surface area contributed by atoms with Crippen molar-refractivity contribution in [2.45, 2.75) is 19.8 Å². The van der Waals surface area contributed by atoms with Gasteiger partial charge in [-0.25, -0.2) is 4.39 Å². The van der Waals surface area contributed by atoms with Crippen LogP contribution in [0.25, 0.3) is 10.9 Å². The fourth-order valence-electron chi connectivity index (χ4n) is 3.88. The van der Waals surface area contributed by atoms with Crippen molar-refractivity contribution >= 4 is 22.5 Å². The molecule has 1 aliphatic heterocycles. The highest BCUT2D eigenvalue weighted by atomic mass is 19.1. The van der Waals surface area contributed by atoms with E-state index in [1.807, 2.05) is 36.1 Å². The van der Waals surface area contributed by atoms with Crippen molar-refractivity contribution in [3.8, 4) is 0 Å². The van der Waals surface area contributed by atoms with Crippen molar-refractivity contribution in [1.29, 1.82) is 0 Å². The molecule has 0 radical (unpaired) electrons. The minimum atomic E-state index is -0.249. The molecule has 0 bridgehead atoms. The number of amides is 1. The molecule has 1 aliphatic rings. The van der Waals surface area contributed by atoms with Crippen LogP contribution < -0.4 is 10.5 Å².